The van der Waals surface area contributed by atoms with Crippen LogP contribution in [0.3, 0.4) is 0 Å². The summed E-state index contributed by atoms with van der Waals surface area (Å²) in [4.78, 5) is 12.3. The van der Waals surface area contributed by atoms with Crippen LogP contribution < -0.4 is 5.56 Å². The second-order valence-corrected chi connectivity index (χ2v) is 4.94. The molecular weight excluding hydrogens is 226 g/mol. The van der Waals surface area contributed by atoms with E-state index in [2.05, 4.69) is 0 Å². The number of fused-ring (bicyclic) bond motifs is 1. The van der Waals surface area contributed by atoms with Gasteiger partial charge in [-0.25, -0.2) is 0 Å². The number of para-hydroxylation sites is 1. The molecule has 0 radical (unpaired) electrons. The molecule has 1 unspecified atom stereocenters. The van der Waals surface area contributed by atoms with Crippen molar-refractivity contribution in [3.63, 3.8) is 0 Å². The van der Waals surface area contributed by atoms with Crippen LogP contribution in [-0.2, 0) is 11.3 Å². The fraction of sp³-hybridized carbons (Fsp3) is 0.400. The van der Waals surface area contributed by atoms with Crippen molar-refractivity contribution in [3.8, 4) is 0 Å². The molecule has 1 fully saturated rings. The SMILES string of the molecule is Cc1cc2ccccc2n(CC2CCCO2)c1=O. The third-order valence-electron chi connectivity index (χ3n) is 3.59. The quantitative estimate of drug-likeness (QED) is 0.811. The van der Waals surface area contributed by atoms with E-state index in [1.54, 1.807) is 0 Å². The van der Waals surface area contributed by atoms with Gasteiger partial charge in [0.05, 0.1) is 18.2 Å². The number of benzene rings is 1. The van der Waals surface area contributed by atoms with Gasteiger partial charge < -0.3 is 9.30 Å². The largest absolute Gasteiger partial charge is 0.376 e. The number of nitrogens with zero attached hydrogens (tertiary/aromatic N) is 1. The first-order valence-electron chi connectivity index (χ1n) is 6.46. The van der Waals surface area contributed by atoms with Crippen LogP contribution in [0.5, 0.6) is 0 Å². The molecule has 0 spiro atoms. The lowest BCUT2D eigenvalue weighted by Crippen LogP contribution is -2.28. The summed E-state index contributed by atoms with van der Waals surface area (Å²) >= 11 is 0. The van der Waals surface area contributed by atoms with Crippen LogP contribution in [0.2, 0.25) is 0 Å². The highest BCUT2D eigenvalue weighted by Crippen LogP contribution is 2.17. The zero-order chi connectivity index (χ0) is 12.5. The van der Waals surface area contributed by atoms with Crippen LogP contribution in [0.25, 0.3) is 10.9 Å². The van der Waals surface area contributed by atoms with E-state index in [-0.39, 0.29) is 11.7 Å². The highest BCUT2D eigenvalue weighted by molar-refractivity contribution is 5.79. The number of aryl methyl sites for hydroxylation is 1. The molecule has 3 nitrogen and oxygen atoms in total. The van der Waals surface area contributed by atoms with Gasteiger partial charge >= 0.3 is 0 Å². The molecule has 1 saturated heterocycles. The standard InChI is InChI=1S/C15H17NO2/c1-11-9-12-5-2-3-7-14(12)16(15(11)17)10-13-6-4-8-18-13/h2-3,5,7,9,13H,4,6,8,10H2,1H3. The summed E-state index contributed by atoms with van der Waals surface area (Å²) in [6.07, 6.45) is 2.34. The van der Waals surface area contributed by atoms with Crippen molar-refractivity contribution in [1.82, 2.24) is 4.57 Å². The Labute approximate surface area is 106 Å². The molecule has 1 aliphatic rings. The Hall–Kier alpha value is -1.61. The van der Waals surface area contributed by atoms with E-state index in [0.717, 1.165) is 35.9 Å². The summed E-state index contributed by atoms with van der Waals surface area (Å²) < 4.78 is 7.50. The molecule has 0 N–H and O–H groups in total. The van der Waals surface area contributed by atoms with E-state index in [9.17, 15) is 4.79 Å². The van der Waals surface area contributed by atoms with Crippen LogP contribution in [-0.4, -0.2) is 17.3 Å². The van der Waals surface area contributed by atoms with Gasteiger partial charge in [-0.1, -0.05) is 18.2 Å². The molecule has 94 valence electrons. The maximum Gasteiger partial charge on any atom is 0.254 e. The summed E-state index contributed by atoms with van der Waals surface area (Å²) in [6, 6.07) is 9.99. The van der Waals surface area contributed by atoms with Crippen LogP contribution in [0.15, 0.2) is 35.1 Å². The first-order valence-corrected chi connectivity index (χ1v) is 6.46. The Bertz CT molecular complexity index is 624. The zero-order valence-electron chi connectivity index (χ0n) is 10.6. The average Bonchev–Trinajstić information content (AvgIpc) is 2.88. The molecule has 0 amide bonds. The first-order chi connectivity index (χ1) is 8.75. The molecule has 3 rings (SSSR count). The summed E-state index contributed by atoms with van der Waals surface area (Å²) in [5, 5.41) is 1.12. The van der Waals surface area contributed by atoms with Gasteiger partial charge in [0.1, 0.15) is 0 Å². The summed E-state index contributed by atoms with van der Waals surface area (Å²) in [6.45, 7) is 3.37. The van der Waals surface area contributed by atoms with Gasteiger partial charge in [-0.2, -0.15) is 0 Å². The molecule has 0 bridgehead atoms. The molecule has 0 saturated carbocycles. The smallest absolute Gasteiger partial charge is 0.254 e. The van der Waals surface area contributed by atoms with Gasteiger partial charge in [0, 0.05) is 12.2 Å². The Morgan fingerprint density at radius 2 is 2.22 bits per heavy atom. The predicted octanol–water partition coefficient (Wildman–Crippen LogP) is 2.49. The summed E-state index contributed by atoms with van der Waals surface area (Å²) in [5.74, 6) is 0. The van der Waals surface area contributed by atoms with Gasteiger partial charge in [-0.05, 0) is 37.3 Å². The van der Waals surface area contributed by atoms with Gasteiger partial charge in [0.25, 0.3) is 5.56 Å². The molecule has 18 heavy (non-hydrogen) atoms. The van der Waals surface area contributed by atoms with Crippen molar-refractivity contribution in [3.05, 3.63) is 46.2 Å². The molecule has 0 aliphatic carbocycles. The highest BCUT2D eigenvalue weighted by atomic mass is 16.5. The van der Waals surface area contributed by atoms with Crippen LogP contribution in [0.1, 0.15) is 18.4 Å². The molecule has 1 aromatic carbocycles. The van der Waals surface area contributed by atoms with Gasteiger partial charge in [0.15, 0.2) is 0 Å². The molecule has 2 aromatic rings. The lowest BCUT2D eigenvalue weighted by Gasteiger charge is -2.15. The Kier molecular flexibility index (Phi) is 2.92. The lowest BCUT2D eigenvalue weighted by atomic mass is 10.1. The third kappa shape index (κ3) is 1.95. The van der Waals surface area contributed by atoms with Gasteiger partial charge in [-0.15, -0.1) is 0 Å². The Morgan fingerprint density at radius 1 is 1.39 bits per heavy atom. The molecule has 1 atom stereocenters. The minimum absolute atomic E-state index is 0.101. The normalized spacial score (nSPS) is 19.5. The predicted molar refractivity (Wildman–Crippen MR) is 71.9 cm³/mol. The molecular formula is C15H17NO2. The second-order valence-electron chi connectivity index (χ2n) is 4.94. The molecule has 1 aromatic heterocycles. The molecule has 2 heterocycles. The van der Waals surface area contributed by atoms with Crippen LogP contribution in [0, 0.1) is 6.92 Å². The number of rotatable bonds is 2. The van der Waals surface area contributed by atoms with E-state index < -0.39 is 0 Å². The minimum atomic E-state index is 0.101. The first kappa shape index (κ1) is 11.5. The number of hydrogen-bond acceptors (Lipinski definition) is 2. The fourth-order valence-electron chi connectivity index (χ4n) is 2.65. The Morgan fingerprint density at radius 3 is 3.00 bits per heavy atom. The van der Waals surface area contributed by atoms with Crippen molar-refractivity contribution >= 4 is 10.9 Å². The summed E-state index contributed by atoms with van der Waals surface area (Å²) in [5.41, 5.74) is 1.90. The number of ether oxygens (including phenoxy) is 1. The van der Waals surface area contributed by atoms with Crippen LogP contribution in [0.4, 0.5) is 0 Å². The minimum Gasteiger partial charge on any atom is -0.376 e. The van der Waals surface area contributed by atoms with Crippen molar-refractivity contribution in [2.75, 3.05) is 6.61 Å². The second kappa shape index (κ2) is 4.58. The van der Waals surface area contributed by atoms with Crippen LogP contribution >= 0.6 is 0 Å². The van der Waals surface area contributed by atoms with Gasteiger partial charge in [-0.3, -0.25) is 4.79 Å². The highest BCUT2D eigenvalue weighted by Gasteiger charge is 2.18. The number of pyridine rings is 1. The monoisotopic (exact) mass is 243 g/mol. The zero-order valence-corrected chi connectivity index (χ0v) is 10.6. The fourth-order valence-corrected chi connectivity index (χ4v) is 2.65. The van der Waals surface area contributed by atoms with E-state index in [0.29, 0.717) is 6.54 Å². The van der Waals surface area contributed by atoms with E-state index in [1.807, 2.05) is 41.8 Å². The summed E-state index contributed by atoms with van der Waals surface area (Å²) in [7, 11) is 0. The third-order valence-corrected chi connectivity index (χ3v) is 3.59. The van der Waals surface area contributed by atoms with Crippen molar-refractivity contribution in [2.24, 2.45) is 0 Å². The molecule has 1 aliphatic heterocycles. The topological polar surface area (TPSA) is 31.2 Å². The van der Waals surface area contributed by atoms with Crippen molar-refractivity contribution < 1.29 is 4.74 Å². The van der Waals surface area contributed by atoms with E-state index in [4.69, 9.17) is 4.74 Å². The van der Waals surface area contributed by atoms with Gasteiger partial charge in [0.2, 0.25) is 0 Å². The number of aromatic nitrogens is 1. The maximum absolute atomic E-state index is 12.3. The van der Waals surface area contributed by atoms with Crippen molar-refractivity contribution in [2.45, 2.75) is 32.4 Å². The lowest BCUT2D eigenvalue weighted by molar-refractivity contribution is 0.0972. The maximum atomic E-state index is 12.3. The van der Waals surface area contributed by atoms with E-state index in [1.165, 1.54) is 0 Å². The van der Waals surface area contributed by atoms with E-state index >= 15 is 0 Å². The Balaban J connectivity index is 2.12. The average molecular weight is 243 g/mol. The van der Waals surface area contributed by atoms with Crippen molar-refractivity contribution in [1.29, 1.82) is 0 Å². The molecule has 3 heteroatoms. The number of hydrogen-bond donors (Lipinski definition) is 0.